The maximum absolute atomic E-state index is 12.3. The fourth-order valence-electron chi connectivity index (χ4n) is 1.25. The first-order valence-corrected chi connectivity index (χ1v) is 5.90. The van der Waals surface area contributed by atoms with Crippen LogP contribution in [0.2, 0.25) is 0 Å². The minimum atomic E-state index is -4.95. The molecule has 0 spiro atoms. The van der Waals surface area contributed by atoms with E-state index in [1.165, 1.54) is 0 Å². The number of aromatic amines is 1. The molecule has 0 bridgehead atoms. The number of aromatic nitrogens is 2. The summed E-state index contributed by atoms with van der Waals surface area (Å²) in [6.45, 7) is -1.92. The van der Waals surface area contributed by atoms with Crippen LogP contribution in [-0.2, 0) is 0 Å². The number of rotatable bonds is 4. The fraction of sp³-hybridized carbons (Fsp3) is 0.100. The van der Waals surface area contributed by atoms with Gasteiger partial charge < -0.3 is 17.9 Å². The predicted molar refractivity (Wildman–Crippen MR) is 65.0 cm³/mol. The van der Waals surface area contributed by atoms with Crippen molar-refractivity contribution in [3.8, 4) is 0 Å². The Morgan fingerprint density at radius 3 is 2.71 bits per heavy atom. The molecule has 7 heteroatoms. The lowest BCUT2D eigenvalue weighted by Gasteiger charge is -2.16. The largest absolute Gasteiger partial charge is 0.505 e. The van der Waals surface area contributed by atoms with Crippen molar-refractivity contribution in [3.63, 3.8) is 0 Å². The van der Waals surface area contributed by atoms with Crippen molar-refractivity contribution in [1.29, 1.82) is 0 Å². The van der Waals surface area contributed by atoms with Gasteiger partial charge in [-0.25, -0.2) is 4.98 Å². The molecule has 0 amide bonds. The highest BCUT2D eigenvalue weighted by atomic mass is 32.2. The number of halogens is 3. The summed E-state index contributed by atoms with van der Waals surface area (Å²) >= 11 is 1.01. The summed E-state index contributed by atoms with van der Waals surface area (Å²) < 4.78 is 36.8. The molecule has 17 heavy (non-hydrogen) atoms. The summed E-state index contributed by atoms with van der Waals surface area (Å²) in [5.74, 6) is -0.191. The van der Waals surface area contributed by atoms with Crippen molar-refractivity contribution >= 4 is 29.8 Å². The summed E-state index contributed by atoms with van der Waals surface area (Å²) in [7, 11) is 0. The van der Waals surface area contributed by atoms with Crippen molar-refractivity contribution in [3.05, 3.63) is 36.3 Å². The third kappa shape index (κ3) is 2.85. The molecule has 2 rings (SSSR count). The van der Waals surface area contributed by atoms with Crippen LogP contribution in [0, 0.1) is 0 Å². The van der Waals surface area contributed by atoms with E-state index in [2.05, 4.69) is 16.5 Å². The molecular weight excluding hydrogens is 248 g/mol. The molecule has 0 unspecified atom stereocenters. The number of hydrogen-bond acceptors (Lipinski definition) is 2. The molecule has 0 fully saturated rings. The average molecular weight is 257 g/mol. The minimum absolute atomic E-state index is 0.191. The first-order valence-electron chi connectivity index (χ1n) is 4.92. The highest BCUT2D eigenvalue weighted by molar-refractivity contribution is 7.99. The second kappa shape index (κ2) is 4.48. The molecule has 1 aromatic carbocycles. The van der Waals surface area contributed by atoms with Crippen LogP contribution in [0.5, 0.6) is 0 Å². The summed E-state index contributed by atoms with van der Waals surface area (Å²) in [4.78, 5) is 7.13. The predicted octanol–water partition coefficient (Wildman–Crippen LogP) is 3.60. The zero-order chi connectivity index (χ0) is 12.5. The Labute approximate surface area is 100 Å². The lowest BCUT2D eigenvalue weighted by Crippen LogP contribution is -2.20. The summed E-state index contributed by atoms with van der Waals surface area (Å²) in [5, 5.41) is 0.479. The summed E-state index contributed by atoms with van der Waals surface area (Å²) in [6.07, 6.45) is 0. The smallest absolute Gasteiger partial charge is 0.445 e. The number of thioether (sulfide) groups is 1. The molecule has 1 aromatic heterocycles. The van der Waals surface area contributed by atoms with Gasteiger partial charge in [-0.15, -0.1) is 12.1 Å². The molecule has 0 atom stereocenters. The Morgan fingerprint density at radius 2 is 2.06 bits per heavy atom. The average Bonchev–Trinajstić information content (AvgIpc) is 2.66. The Morgan fingerprint density at radius 1 is 1.35 bits per heavy atom. The fourth-order valence-corrected chi connectivity index (χ4v) is 2.11. The standard InChI is InChI=1S/C10H9BF3N2S/c1-7(11(12,13)14)6-17-10-15-8-4-2-3-5-9(8)16-10/h2-5H,1,6H2,(H,15,16)/q-1. The quantitative estimate of drug-likeness (QED) is 0.669. The van der Waals surface area contributed by atoms with Gasteiger partial charge in [-0.3, -0.25) is 0 Å². The molecule has 0 aliphatic heterocycles. The molecule has 0 saturated carbocycles. The summed E-state index contributed by atoms with van der Waals surface area (Å²) in [6, 6.07) is 7.30. The molecule has 2 nitrogen and oxygen atoms in total. The number of imidazole rings is 1. The number of hydrogen-bond donors (Lipinski definition) is 1. The van der Waals surface area contributed by atoms with Crippen LogP contribution in [-0.4, -0.2) is 22.7 Å². The zero-order valence-corrected chi connectivity index (χ0v) is 9.61. The van der Waals surface area contributed by atoms with Gasteiger partial charge in [0.1, 0.15) is 0 Å². The molecular formula is C10H9BF3N2S-. The maximum Gasteiger partial charge on any atom is 0.505 e. The van der Waals surface area contributed by atoms with Gasteiger partial charge in [0, 0.05) is 0 Å². The molecule has 0 radical (unpaired) electrons. The Kier molecular flexibility index (Phi) is 3.19. The van der Waals surface area contributed by atoms with Gasteiger partial charge in [-0.2, -0.15) is 0 Å². The number of benzene rings is 1. The number of nitrogens with zero attached hydrogens (tertiary/aromatic N) is 1. The maximum atomic E-state index is 12.3. The highest BCUT2D eigenvalue weighted by Crippen LogP contribution is 2.26. The molecule has 0 aliphatic carbocycles. The number of nitrogens with one attached hydrogen (secondary N) is 1. The Hall–Kier alpha value is -1.37. The van der Waals surface area contributed by atoms with Crippen LogP contribution in [0.15, 0.2) is 41.5 Å². The van der Waals surface area contributed by atoms with Gasteiger partial charge >= 0.3 is 6.98 Å². The topological polar surface area (TPSA) is 28.7 Å². The Bertz CT molecular complexity index is 517. The molecule has 0 aliphatic rings. The second-order valence-electron chi connectivity index (χ2n) is 3.58. The second-order valence-corrected chi connectivity index (χ2v) is 4.54. The van der Waals surface area contributed by atoms with E-state index >= 15 is 0 Å². The third-order valence-electron chi connectivity index (χ3n) is 2.22. The third-order valence-corrected chi connectivity index (χ3v) is 3.21. The van der Waals surface area contributed by atoms with E-state index in [0.29, 0.717) is 5.16 Å². The van der Waals surface area contributed by atoms with Gasteiger partial charge in [-0.1, -0.05) is 23.9 Å². The van der Waals surface area contributed by atoms with Crippen molar-refractivity contribution in [2.45, 2.75) is 5.16 Å². The molecule has 0 saturated heterocycles. The monoisotopic (exact) mass is 257 g/mol. The first kappa shape index (κ1) is 12.1. The van der Waals surface area contributed by atoms with Crippen LogP contribution in [0.25, 0.3) is 11.0 Å². The van der Waals surface area contributed by atoms with E-state index in [-0.39, 0.29) is 5.75 Å². The molecule has 2 aromatic rings. The molecule has 1 heterocycles. The van der Waals surface area contributed by atoms with Gasteiger partial charge in [-0.05, 0) is 17.9 Å². The number of H-pyrrole nitrogens is 1. The van der Waals surface area contributed by atoms with E-state index < -0.39 is 12.4 Å². The van der Waals surface area contributed by atoms with Crippen LogP contribution in [0.3, 0.4) is 0 Å². The van der Waals surface area contributed by atoms with Gasteiger partial charge in [0.2, 0.25) is 0 Å². The minimum Gasteiger partial charge on any atom is -0.445 e. The van der Waals surface area contributed by atoms with E-state index in [4.69, 9.17) is 0 Å². The Balaban J connectivity index is 2.07. The molecule has 1 N–H and O–H groups in total. The number of fused-ring (bicyclic) bond motifs is 1. The van der Waals surface area contributed by atoms with Gasteiger partial charge in [0.15, 0.2) is 5.16 Å². The lowest BCUT2D eigenvalue weighted by atomic mass is 9.82. The van der Waals surface area contributed by atoms with Crippen molar-refractivity contribution in [2.24, 2.45) is 0 Å². The van der Waals surface area contributed by atoms with E-state index in [1.54, 1.807) is 6.07 Å². The van der Waals surface area contributed by atoms with Crippen LogP contribution in [0.4, 0.5) is 12.9 Å². The normalized spacial score (nSPS) is 11.9. The van der Waals surface area contributed by atoms with Crippen LogP contribution in [0.1, 0.15) is 0 Å². The van der Waals surface area contributed by atoms with E-state index in [0.717, 1.165) is 22.8 Å². The first-order chi connectivity index (χ1) is 7.97. The van der Waals surface area contributed by atoms with Crippen molar-refractivity contribution in [1.82, 2.24) is 9.97 Å². The highest BCUT2D eigenvalue weighted by Gasteiger charge is 2.26. The van der Waals surface area contributed by atoms with Crippen LogP contribution >= 0.6 is 11.8 Å². The van der Waals surface area contributed by atoms with E-state index in [9.17, 15) is 12.9 Å². The molecule has 90 valence electrons. The van der Waals surface area contributed by atoms with Gasteiger partial charge in [0.05, 0.1) is 11.0 Å². The lowest BCUT2D eigenvalue weighted by molar-refractivity contribution is 0.491. The van der Waals surface area contributed by atoms with Crippen LogP contribution < -0.4 is 0 Å². The SMILES string of the molecule is C=C(CSc1nc2ccccc2[nH]1)[B-](F)(F)F. The van der Waals surface area contributed by atoms with Gasteiger partial charge in [0.25, 0.3) is 0 Å². The zero-order valence-electron chi connectivity index (χ0n) is 8.79. The van der Waals surface area contributed by atoms with Crippen molar-refractivity contribution < 1.29 is 12.9 Å². The number of para-hydroxylation sites is 2. The summed E-state index contributed by atoms with van der Waals surface area (Å²) in [5.41, 5.74) is 0.867. The van der Waals surface area contributed by atoms with Crippen molar-refractivity contribution in [2.75, 3.05) is 5.75 Å². The van der Waals surface area contributed by atoms with E-state index in [1.807, 2.05) is 18.2 Å².